The Kier molecular flexibility index (Phi) is 6.85. The Hall–Kier alpha value is -8.36. The standard InChI is InChI=1S/C52H30N4O4/c1-7-19-45-38(13-1)53-51(59-45)31-27-35-34(44(28-31)56-42-17-5-11-23-49(42)58-50-24-12-6-18-43(50)56)26-25-33-36(35)29-32(30-37(33)52-54-39-14-2-8-20-46(39)60-52)55-40-15-3-9-21-47(40)57-48-22-10-4-16-41(48)55/h1-30H. The summed E-state index contributed by atoms with van der Waals surface area (Å²) < 4.78 is 26.1. The molecule has 0 spiro atoms. The molecule has 0 saturated carbocycles. The van der Waals surface area contributed by atoms with Crippen molar-refractivity contribution in [2.24, 2.45) is 0 Å². The first-order chi connectivity index (χ1) is 29.7. The zero-order chi connectivity index (χ0) is 39.3. The first-order valence-electron chi connectivity index (χ1n) is 19.8. The molecule has 0 unspecified atom stereocenters. The van der Waals surface area contributed by atoms with Crippen LogP contribution < -0.4 is 19.3 Å². The Morgan fingerprint density at radius 3 is 1.40 bits per heavy atom. The molecule has 0 fully saturated rings. The normalized spacial score (nSPS) is 12.9. The summed E-state index contributed by atoms with van der Waals surface area (Å²) in [5, 5.41) is 4.00. The smallest absolute Gasteiger partial charge is 0.228 e. The van der Waals surface area contributed by atoms with Crippen LogP contribution >= 0.6 is 0 Å². The van der Waals surface area contributed by atoms with Crippen LogP contribution in [0.5, 0.6) is 23.0 Å². The Morgan fingerprint density at radius 2 is 0.817 bits per heavy atom. The summed E-state index contributed by atoms with van der Waals surface area (Å²) >= 11 is 0. The topological polar surface area (TPSA) is 77.0 Å². The van der Waals surface area contributed by atoms with Crippen molar-refractivity contribution in [1.82, 2.24) is 9.97 Å². The maximum Gasteiger partial charge on any atom is 0.228 e. The predicted octanol–water partition coefficient (Wildman–Crippen LogP) is 14.8. The fourth-order valence-corrected chi connectivity index (χ4v) is 8.79. The SMILES string of the molecule is c1ccc2c(c1)Oc1ccccc1N2c1cc(-c2nc3ccccc3o2)c2ccc3c(N4c5ccccc5Oc5ccccc54)cc(-c4nc5ccccc5o4)cc3c2c1. The molecule has 2 aliphatic rings. The molecule has 2 aliphatic heterocycles. The molecule has 2 aromatic heterocycles. The van der Waals surface area contributed by atoms with Crippen LogP contribution in [0.4, 0.5) is 34.1 Å². The summed E-state index contributed by atoms with van der Waals surface area (Å²) in [6.07, 6.45) is 0. The molecule has 0 N–H and O–H groups in total. The van der Waals surface area contributed by atoms with E-state index in [-0.39, 0.29) is 0 Å². The van der Waals surface area contributed by atoms with E-state index in [1.807, 2.05) is 121 Å². The Bertz CT molecular complexity index is 3400. The van der Waals surface area contributed by atoms with Crippen molar-refractivity contribution in [2.45, 2.75) is 0 Å². The van der Waals surface area contributed by atoms with Crippen LogP contribution in [-0.2, 0) is 0 Å². The molecular formula is C52H30N4O4. The minimum absolute atomic E-state index is 0.526. The molecule has 0 saturated heterocycles. The van der Waals surface area contributed by atoms with E-state index in [2.05, 4.69) is 70.5 Å². The van der Waals surface area contributed by atoms with Gasteiger partial charge in [-0.05, 0) is 113 Å². The van der Waals surface area contributed by atoms with Crippen LogP contribution in [0.25, 0.3) is 66.7 Å². The highest BCUT2D eigenvalue weighted by Crippen LogP contribution is 2.55. The average molecular weight is 775 g/mol. The van der Waals surface area contributed by atoms with Gasteiger partial charge in [0.05, 0.1) is 28.4 Å². The first kappa shape index (κ1) is 32.7. The average Bonchev–Trinajstić information content (AvgIpc) is 3.94. The van der Waals surface area contributed by atoms with Crippen molar-refractivity contribution in [1.29, 1.82) is 0 Å². The summed E-state index contributed by atoms with van der Waals surface area (Å²) in [6, 6.07) is 61.6. The number of para-hydroxylation sites is 12. The molecule has 0 bridgehead atoms. The second-order valence-electron chi connectivity index (χ2n) is 15.0. The lowest BCUT2D eigenvalue weighted by atomic mass is 9.93. The minimum Gasteiger partial charge on any atom is -0.453 e. The highest BCUT2D eigenvalue weighted by molar-refractivity contribution is 6.18. The van der Waals surface area contributed by atoms with Gasteiger partial charge in [0.25, 0.3) is 0 Å². The Morgan fingerprint density at radius 1 is 0.350 bits per heavy atom. The number of aromatic nitrogens is 2. The number of fused-ring (bicyclic) bond motifs is 9. The fraction of sp³-hybridized carbons (Fsp3) is 0. The van der Waals surface area contributed by atoms with Gasteiger partial charge in [-0.1, -0.05) is 84.9 Å². The quantitative estimate of drug-likeness (QED) is 0.164. The highest BCUT2D eigenvalue weighted by Gasteiger charge is 2.30. The van der Waals surface area contributed by atoms with E-state index < -0.39 is 0 Å². The van der Waals surface area contributed by atoms with Gasteiger partial charge in [-0.25, -0.2) is 9.97 Å². The summed E-state index contributed by atoms with van der Waals surface area (Å²) in [6.45, 7) is 0. The van der Waals surface area contributed by atoms with Gasteiger partial charge >= 0.3 is 0 Å². The first-order valence-corrected chi connectivity index (χ1v) is 19.8. The van der Waals surface area contributed by atoms with Crippen LogP contribution in [0.3, 0.4) is 0 Å². The van der Waals surface area contributed by atoms with E-state index >= 15 is 0 Å². The lowest BCUT2D eigenvalue weighted by Crippen LogP contribution is -2.16. The molecule has 0 atom stereocenters. The molecule has 8 heteroatoms. The lowest BCUT2D eigenvalue weighted by molar-refractivity contribution is 0.477. The van der Waals surface area contributed by atoms with Crippen LogP contribution in [0, 0.1) is 0 Å². The monoisotopic (exact) mass is 774 g/mol. The van der Waals surface area contributed by atoms with Crippen molar-refractivity contribution in [3.05, 3.63) is 182 Å². The van der Waals surface area contributed by atoms with Crippen molar-refractivity contribution in [2.75, 3.05) is 9.80 Å². The van der Waals surface area contributed by atoms with Crippen LogP contribution in [0.1, 0.15) is 0 Å². The molecule has 4 heterocycles. The van der Waals surface area contributed by atoms with Crippen molar-refractivity contribution in [3.8, 4) is 45.9 Å². The van der Waals surface area contributed by atoms with Crippen LogP contribution in [-0.4, -0.2) is 9.97 Å². The van der Waals surface area contributed by atoms with Gasteiger partial charge in [0.2, 0.25) is 11.8 Å². The van der Waals surface area contributed by atoms with Gasteiger partial charge in [-0.2, -0.15) is 0 Å². The van der Waals surface area contributed by atoms with E-state index in [1.54, 1.807) is 0 Å². The Labute approximate surface area is 342 Å². The molecule has 0 amide bonds. The molecule has 13 rings (SSSR count). The van der Waals surface area contributed by atoms with Crippen LogP contribution in [0.2, 0.25) is 0 Å². The number of hydrogen-bond donors (Lipinski definition) is 0. The molecular weight excluding hydrogens is 745 g/mol. The van der Waals surface area contributed by atoms with E-state index in [1.165, 1.54) is 0 Å². The van der Waals surface area contributed by atoms with E-state index in [4.69, 9.17) is 28.3 Å². The molecule has 8 nitrogen and oxygen atoms in total. The fourth-order valence-electron chi connectivity index (χ4n) is 8.79. The van der Waals surface area contributed by atoms with E-state index in [9.17, 15) is 0 Å². The van der Waals surface area contributed by atoms with E-state index in [0.29, 0.717) is 11.8 Å². The van der Waals surface area contributed by atoms with Gasteiger partial charge < -0.3 is 28.1 Å². The molecule has 9 aromatic carbocycles. The number of benzene rings is 9. The van der Waals surface area contributed by atoms with Crippen molar-refractivity contribution < 1.29 is 18.3 Å². The number of hydrogen-bond acceptors (Lipinski definition) is 8. The van der Waals surface area contributed by atoms with Gasteiger partial charge in [0, 0.05) is 22.2 Å². The molecule has 11 aromatic rings. The number of nitrogens with zero attached hydrogens (tertiary/aromatic N) is 4. The highest BCUT2D eigenvalue weighted by atomic mass is 16.5. The number of oxazole rings is 2. The summed E-state index contributed by atoms with van der Waals surface area (Å²) in [5.74, 6) is 4.12. The van der Waals surface area contributed by atoms with Crippen molar-refractivity contribution >= 4 is 77.9 Å². The number of ether oxygens (including phenoxy) is 2. The largest absolute Gasteiger partial charge is 0.453 e. The number of rotatable bonds is 4. The molecule has 282 valence electrons. The van der Waals surface area contributed by atoms with Gasteiger partial charge in [-0.3, -0.25) is 0 Å². The van der Waals surface area contributed by atoms with Gasteiger partial charge in [-0.15, -0.1) is 0 Å². The Balaban J connectivity index is 1.16. The zero-order valence-electron chi connectivity index (χ0n) is 31.7. The van der Waals surface area contributed by atoms with Gasteiger partial charge in [0.1, 0.15) is 11.0 Å². The van der Waals surface area contributed by atoms with E-state index in [0.717, 1.165) is 112 Å². The molecule has 0 radical (unpaired) electrons. The van der Waals surface area contributed by atoms with Crippen LogP contribution in [0.15, 0.2) is 191 Å². The third kappa shape index (κ3) is 4.91. The molecule has 0 aliphatic carbocycles. The summed E-state index contributed by atoms with van der Waals surface area (Å²) in [4.78, 5) is 14.6. The summed E-state index contributed by atoms with van der Waals surface area (Å²) in [7, 11) is 0. The van der Waals surface area contributed by atoms with Crippen molar-refractivity contribution in [3.63, 3.8) is 0 Å². The minimum atomic E-state index is 0.526. The predicted molar refractivity (Wildman–Crippen MR) is 237 cm³/mol. The maximum absolute atomic E-state index is 6.58. The lowest BCUT2D eigenvalue weighted by Gasteiger charge is -2.34. The molecule has 60 heavy (non-hydrogen) atoms. The third-order valence-corrected chi connectivity index (χ3v) is 11.5. The summed E-state index contributed by atoms with van der Waals surface area (Å²) in [5.41, 5.74) is 10.3. The maximum atomic E-state index is 6.58. The zero-order valence-corrected chi connectivity index (χ0v) is 31.7. The second-order valence-corrected chi connectivity index (χ2v) is 15.0. The van der Waals surface area contributed by atoms with Gasteiger partial charge in [0.15, 0.2) is 34.2 Å². The second kappa shape index (κ2) is 12.6. The third-order valence-electron chi connectivity index (χ3n) is 11.5. The number of anilines is 6.